The normalized spacial score (nSPS) is 20.3. The second-order valence-electron chi connectivity index (χ2n) is 8.93. The summed E-state index contributed by atoms with van der Waals surface area (Å²) < 4.78 is 11.0. The first-order valence-corrected chi connectivity index (χ1v) is 11.3. The molecule has 3 aromatic carbocycles. The van der Waals surface area contributed by atoms with E-state index in [4.69, 9.17) is 9.47 Å². The van der Waals surface area contributed by atoms with Crippen LogP contribution in [0.1, 0.15) is 51.2 Å². The van der Waals surface area contributed by atoms with Crippen LogP contribution >= 0.6 is 0 Å². The number of fused-ring (bicyclic) bond motifs is 4. The Morgan fingerprint density at radius 3 is 2.60 bits per heavy atom. The lowest BCUT2D eigenvalue weighted by Gasteiger charge is -2.50. The summed E-state index contributed by atoms with van der Waals surface area (Å²) >= 11 is 0. The molecule has 3 amide bonds. The Kier molecular flexibility index (Phi) is 5.43. The summed E-state index contributed by atoms with van der Waals surface area (Å²) in [7, 11) is 1.31. The summed E-state index contributed by atoms with van der Waals surface area (Å²) in [5.41, 5.74) is 3.01. The van der Waals surface area contributed by atoms with E-state index in [-0.39, 0.29) is 18.0 Å². The summed E-state index contributed by atoms with van der Waals surface area (Å²) in [4.78, 5) is 39.3. The van der Waals surface area contributed by atoms with Crippen LogP contribution in [0.2, 0.25) is 0 Å². The first-order chi connectivity index (χ1) is 16.8. The molecule has 1 saturated heterocycles. The van der Waals surface area contributed by atoms with E-state index < -0.39 is 11.7 Å². The molecule has 8 nitrogen and oxygen atoms in total. The topological polar surface area (TPSA) is 97.0 Å². The van der Waals surface area contributed by atoms with E-state index in [1.54, 1.807) is 53.4 Å². The highest BCUT2D eigenvalue weighted by molar-refractivity contribution is 6.06. The maximum atomic E-state index is 13.2. The van der Waals surface area contributed by atoms with Gasteiger partial charge in [-0.3, -0.25) is 9.69 Å². The second kappa shape index (κ2) is 8.47. The molecule has 1 fully saturated rings. The van der Waals surface area contributed by atoms with Gasteiger partial charge in [0.25, 0.3) is 5.91 Å². The molecule has 2 aliphatic rings. The summed E-state index contributed by atoms with van der Waals surface area (Å²) in [6.07, 6.45) is 0.568. The molecular formula is C27H25N3O5. The number of rotatable bonds is 4. The fourth-order valence-electron chi connectivity index (χ4n) is 4.68. The van der Waals surface area contributed by atoms with E-state index in [1.807, 2.05) is 32.0 Å². The number of hydrogen-bond acceptors (Lipinski definition) is 5. The van der Waals surface area contributed by atoms with Crippen molar-refractivity contribution in [2.75, 3.05) is 17.3 Å². The highest BCUT2D eigenvalue weighted by Crippen LogP contribution is 2.45. The average Bonchev–Trinajstić information content (AvgIpc) is 2.84. The van der Waals surface area contributed by atoms with Crippen molar-refractivity contribution < 1.29 is 23.9 Å². The van der Waals surface area contributed by atoms with E-state index in [0.717, 1.165) is 16.9 Å². The highest BCUT2D eigenvalue weighted by Gasteiger charge is 2.49. The summed E-state index contributed by atoms with van der Waals surface area (Å²) in [5, 5.41) is 5.89. The molecule has 0 spiro atoms. The van der Waals surface area contributed by atoms with Gasteiger partial charge in [-0.05, 0) is 62.4 Å². The van der Waals surface area contributed by atoms with Crippen molar-refractivity contribution in [2.45, 2.75) is 32.0 Å². The van der Waals surface area contributed by atoms with Gasteiger partial charge in [-0.2, -0.15) is 0 Å². The number of esters is 1. The summed E-state index contributed by atoms with van der Waals surface area (Å²) in [6, 6.07) is 18.8. The quantitative estimate of drug-likeness (QED) is 0.533. The molecule has 0 radical (unpaired) electrons. The van der Waals surface area contributed by atoms with Gasteiger partial charge in [0.05, 0.1) is 24.4 Å². The van der Waals surface area contributed by atoms with Crippen LogP contribution in [0.5, 0.6) is 5.75 Å². The van der Waals surface area contributed by atoms with Crippen molar-refractivity contribution >= 4 is 29.3 Å². The van der Waals surface area contributed by atoms with Crippen LogP contribution in [-0.2, 0) is 4.74 Å². The molecule has 2 heterocycles. The van der Waals surface area contributed by atoms with Crippen molar-refractivity contribution in [2.24, 2.45) is 0 Å². The number of urea groups is 1. The van der Waals surface area contributed by atoms with Crippen molar-refractivity contribution in [1.82, 2.24) is 5.32 Å². The van der Waals surface area contributed by atoms with E-state index in [9.17, 15) is 14.4 Å². The van der Waals surface area contributed by atoms with Crippen LogP contribution in [0, 0.1) is 6.92 Å². The minimum absolute atomic E-state index is 0.146. The Labute approximate surface area is 202 Å². The number of carbonyl (C=O) groups excluding carboxylic acids is 3. The zero-order chi connectivity index (χ0) is 24.7. The van der Waals surface area contributed by atoms with Crippen LogP contribution in [0.4, 0.5) is 16.2 Å². The molecule has 8 heteroatoms. The largest absolute Gasteiger partial charge is 0.467 e. The zero-order valence-corrected chi connectivity index (χ0v) is 19.6. The first-order valence-electron chi connectivity index (χ1n) is 11.3. The monoisotopic (exact) mass is 471 g/mol. The fraction of sp³-hybridized carbons (Fsp3) is 0.222. The molecule has 2 N–H and O–H groups in total. The molecule has 35 heavy (non-hydrogen) atoms. The van der Waals surface area contributed by atoms with Gasteiger partial charge in [-0.25, -0.2) is 9.59 Å². The first kappa shape index (κ1) is 22.5. The van der Waals surface area contributed by atoms with E-state index in [0.29, 0.717) is 28.9 Å². The number of hydrogen-bond donors (Lipinski definition) is 2. The molecule has 3 aromatic rings. The van der Waals surface area contributed by atoms with Gasteiger partial charge in [0.15, 0.2) is 5.72 Å². The lowest BCUT2D eigenvalue weighted by atomic mass is 9.89. The van der Waals surface area contributed by atoms with Gasteiger partial charge < -0.3 is 20.1 Å². The smallest absolute Gasteiger partial charge is 0.337 e. The number of amides is 3. The lowest BCUT2D eigenvalue weighted by molar-refractivity contribution is 0.0378. The van der Waals surface area contributed by atoms with Crippen molar-refractivity contribution in [1.29, 1.82) is 0 Å². The zero-order valence-electron chi connectivity index (χ0n) is 19.6. The maximum Gasteiger partial charge on any atom is 0.337 e. The van der Waals surface area contributed by atoms with Gasteiger partial charge in [-0.1, -0.05) is 23.8 Å². The standard InChI is InChI=1S/C27H25N3O5/c1-16-7-12-23-21(13-16)22-15-27(2,35-23)30(26(33)29-22)20-6-4-5-18(14-20)24(31)28-19-10-8-17(9-11-19)25(32)34-3/h4-14,22H,15H2,1-3H3,(H,28,31)(H,29,33)/t22-,27+/m0/s1. The lowest BCUT2D eigenvalue weighted by Crippen LogP contribution is -2.65. The highest BCUT2D eigenvalue weighted by atomic mass is 16.5. The Hall–Kier alpha value is -4.33. The second-order valence-corrected chi connectivity index (χ2v) is 8.93. The minimum Gasteiger partial charge on any atom is -0.467 e. The molecule has 0 unspecified atom stereocenters. The van der Waals surface area contributed by atoms with E-state index in [1.165, 1.54) is 7.11 Å². The minimum atomic E-state index is -0.909. The van der Waals surface area contributed by atoms with Gasteiger partial charge in [0.1, 0.15) is 5.75 Å². The molecule has 2 atom stereocenters. The van der Waals surface area contributed by atoms with E-state index >= 15 is 0 Å². The van der Waals surface area contributed by atoms with Gasteiger partial charge in [0.2, 0.25) is 0 Å². The van der Waals surface area contributed by atoms with Crippen molar-refractivity contribution in [3.63, 3.8) is 0 Å². The Bertz CT molecular complexity index is 1340. The van der Waals surface area contributed by atoms with Crippen molar-refractivity contribution in [3.8, 4) is 5.75 Å². The fourth-order valence-corrected chi connectivity index (χ4v) is 4.68. The number of carbonyl (C=O) groups is 3. The number of anilines is 2. The van der Waals surface area contributed by atoms with Gasteiger partial charge >= 0.3 is 12.0 Å². The summed E-state index contributed by atoms with van der Waals surface area (Å²) in [6.45, 7) is 3.90. The molecule has 0 aliphatic carbocycles. The third-order valence-electron chi connectivity index (χ3n) is 6.36. The molecule has 2 bridgehead atoms. The molecule has 0 aromatic heterocycles. The number of nitrogens with zero attached hydrogens (tertiary/aromatic N) is 1. The molecule has 178 valence electrons. The van der Waals surface area contributed by atoms with Gasteiger partial charge in [-0.15, -0.1) is 0 Å². The van der Waals surface area contributed by atoms with Crippen LogP contribution in [0.3, 0.4) is 0 Å². The number of benzene rings is 3. The predicted octanol–water partition coefficient (Wildman–Crippen LogP) is 4.80. The van der Waals surface area contributed by atoms with Crippen LogP contribution in [-0.4, -0.2) is 30.7 Å². The molecule has 2 aliphatic heterocycles. The Morgan fingerprint density at radius 1 is 1.09 bits per heavy atom. The van der Waals surface area contributed by atoms with E-state index in [2.05, 4.69) is 10.6 Å². The molecule has 0 saturated carbocycles. The maximum absolute atomic E-state index is 13.2. The molecular weight excluding hydrogens is 446 g/mol. The number of methoxy groups -OCH3 is 1. The summed E-state index contributed by atoms with van der Waals surface area (Å²) in [5.74, 6) is -0.0547. The third kappa shape index (κ3) is 4.07. The number of nitrogens with one attached hydrogen (secondary N) is 2. The number of aryl methyl sites for hydroxylation is 1. The average molecular weight is 472 g/mol. The Morgan fingerprint density at radius 2 is 1.86 bits per heavy atom. The van der Waals surface area contributed by atoms with Crippen LogP contribution < -0.4 is 20.3 Å². The number of ether oxygens (including phenoxy) is 2. The predicted molar refractivity (Wildman–Crippen MR) is 131 cm³/mol. The van der Waals surface area contributed by atoms with Crippen molar-refractivity contribution in [3.05, 3.63) is 89.0 Å². The van der Waals surface area contributed by atoms with Crippen LogP contribution in [0.25, 0.3) is 0 Å². The molecule has 5 rings (SSSR count). The SMILES string of the molecule is COC(=O)c1ccc(NC(=O)c2cccc(N3C(=O)N[C@H]4C[C@@]3(C)Oc3ccc(C)cc34)c2)cc1. The third-order valence-corrected chi connectivity index (χ3v) is 6.36. The van der Waals surface area contributed by atoms with Gasteiger partial charge in [0, 0.05) is 23.2 Å². The Balaban J connectivity index is 1.39. The van der Waals surface area contributed by atoms with Crippen LogP contribution in [0.15, 0.2) is 66.7 Å².